The number of furan rings is 1. The minimum Gasteiger partial charge on any atom is -0.451 e. The van der Waals surface area contributed by atoms with Crippen molar-refractivity contribution in [2.24, 2.45) is 0 Å². The average molecular weight is 286 g/mol. The molecule has 1 aromatic carbocycles. The largest absolute Gasteiger partial charge is 0.451 e. The van der Waals surface area contributed by atoms with E-state index in [0.29, 0.717) is 36.7 Å². The number of benzene rings is 1. The Labute approximate surface area is 123 Å². The van der Waals surface area contributed by atoms with Gasteiger partial charge in [-0.15, -0.1) is 0 Å². The number of rotatable bonds is 3. The van der Waals surface area contributed by atoms with Gasteiger partial charge in [0.2, 0.25) is 0 Å². The number of ether oxygens (including phenoxy) is 1. The van der Waals surface area contributed by atoms with Crippen LogP contribution >= 0.6 is 0 Å². The van der Waals surface area contributed by atoms with Crippen molar-refractivity contribution >= 4 is 22.6 Å². The molecule has 0 unspecified atom stereocenters. The normalized spacial score (nSPS) is 15.3. The lowest BCUT2D eigenvalue weighted by molar-refractivity contribution is 0.0735. The first-order chi connectivity index (χ1) is 10.2. The molecule has 1 aromatic heterocycles. The van der Waals surface area contributed by atoms with Crippen LogP contribution in [-0.4, -0.2) is 37.6 Å². The summed E-state index contributed by atoms with van der Waals surface area (Å²) < 4.78 is 10.7. The van der Waals surface area contributed by atoms with Crippen molar-refractivity contribution in [2.75, 3.05) is 32.5 Å². The summed E-state index contributed by atoms with van der Waals surface area (Å²) in [5, 5.41) is 0.853. The molecule has 2 N–H and O–H groups in total. The van der Waals surface area contributed by atoms with Crippen LogP contribution in [0.25, 0.3) is 11.0 Å². The standard InChI is InChI=1S/C16H18N2O3/c1-20-10-11-4-6-18(7-5-11)16(19)15-9-12-8-13(17)2-3-14(12)21-15/h2-4,8-9H,5-7,10,17H2,1H3. The Kier molecular flexibility index (Phi) is 3.66. The predicted octanol–water partition coefficient (Wildman–Crippen LogP) is 2.43. The molecule has 0 saturated carbocycles. The molecule has 1 aliphatic heterocycles. The Hall–Kier alpha value is -2.27. The molecule has 1 aliphatic rings. The van der Waals surface area contributed by atoms with Crippen molar-refractivity contribution in [1.82, 2.24) is 4.90 Å². The van der Waals surface area contributed by atoms with Gasteiger partial charge in [-0.1, -0.05) is 6.08 Å². The SMILES string of the molecule is COCC1=CCN(C(=O)c2cc3cc(N)ccc3o2)CC1. The third-order valence-corrected chi connectivity index (χ3v) is 3.67. The highest BCUT2D eigenvalue weighted by atomic mass is 16.5. The van der Waals surface area contributed by atoms with E-state index >= 15 is 0 Å². The van der Waals surface area contributed by atoms with E-state index in [0.717, 1.165) is 11.8 Å². The molecular weight excluding hydrogens is 268 g/mol. The summed E-state index contributed by atoms with van der Waals surface area (Å²) in [6.45, 7) is 1.91. The molecule has 0 radical (unpaired) electrons. The van der Waals surface area contributed by atoms with E-state index in [-0.39, 0.29) is 5.91 Å². The van der Waals surface area contributed by atoms with Crippen molar-refractivity contribution < 1.29 is 13.9 Å². The van der Waals surface area contributed by atoms with Gasteiger partial charge in [0.1, 0.15) is 5.58 Å². The maximum atomic E-state index is 12.5. The van der Waals surface area contributed by atoms with Gasteiger partial charge in [0.25, 0.3) is 5.91 Å². The number of nitrogens with two attached hydrogens (primary N) is 1. The molecule has 5 nitrogen and oxygen atoms in total. The van der Waals surface area contributed by atoms with E-state index in [4.69, 9.17) is 14.9 Å². The van der Waals surface area contributed by atoms with Crippen LogP contribution in [0.4, 0.5) is 5.69 Å². The van der Waals surface area contributed by atoms with Crippen LogP contribution in [0.1, 0.15) is 17.0 Å². The van der Waals surface area contributed by atoms with E-state index in [1.807, 2.05) is 12.1 Å². The summed E-state index contributed by atoms with van der Waals surface area (Å²) in [6.07, 6.45) is 2.89. The Balaban J connectivity index is 1.78. The average Bonchev–Trinajstić information content (AvgIpc) is 2.90. The first-order valence-corrected chi connectivity index (χ1v) is 6.92. The Morgan fingerprint density at radius 3 is 3.00 bits per heavy atom. The third kappa shape index (κ3) is 2.78. The summed E-state index contributed by atoms with van der Waals surface area (Å²) in [6, 6.07) is 7.11. The number of methoxy groups -OCH3 is 1. The quantitative estimate of drug-likeness (QED) is 0.695. The number of hydrogen-bond donors (Lipinski definition) is 1. The zero-order chi connectivity index (χ0) is 14.8. The second kappa shape index (κ2) is 5.61. The lowest BCUT2D eigenvalue weighted by atomic mass is 10.1. The topological polar surface area (TPSA) is 68.7 Å². The minimum absolute atomic E-state index is 0.0857. The van der Waals surface area contributed by atoms with Gasteiger partial charge in [0.15, 0.2) is 5.76 Å². The molecule has 2 heterocycles. The second-order valence-corrected chi connectivity index (χ2v) is 5.20. The van der Waals surface area contributed by atoms with Crippen molar-refractivity contribution in [3.63, 3.8) is 0 Å². The van der Waals surface area contributed by atoms with Crippen LogP contribution in [0.3, 0.4) is 0 Å². The fourth-order valence-corrected chi connectivity index (χ4v) is 2.54. The van der Waals surface area contributed by atoms with Crippen LogP contribution in [0.2, 0.25) is 0 Å². The first-order valence-electron chi connectivity index (χ1n) is 6.92. The minimum atomic E-state index is -0.0857. The zero-order valence-corrected chi connectivity index (χ0v) is 12.0. The number of hydrogen-bond acceptors (Lipinski definition) is 4. The fourth-order valence-electron chi connectivity index (χ4n) is 2.54. The van der Waals surface area contributed by atoms with E-state index < -0.39 is 0 Å². The van der Waals surface area contributed by atoms with Crippen molar-refractivity contribution in [3.8, 4) is 0 Å². The van der Waals surface area contributed by atoms with Gasteiger partial charge in [0.05, 0.1) is 6.61 Å². The summed E-state index contributed by atoms with van der Waals surface area (Å²) >= 11 is 0. The Morgan fingerprint density at radius 1 is 1.43 bits per heavy atom. The highest BCUT2D eigenvalue weighted by Gasteiger charge is 2.21. The van der Waals surface area contributed by atoms with Gasteiger partial charge in [-0.2, -0.15) is 0 Å². The summed E-state index contributed by atoms with van der Waals surface area (Å²) in [7, 11) is 1.68. The van der Waals surface area contributed by atoms with Gasteiger partial charge >= 0.3 is 0 Å². The highest BCUT2D eigenvalue weighted by molar-refractivity contribution is 5.96. The van der Waals surface area contributed by atoms with E-state index in [1.165, 1.54) is 5.57 Å². The lowest BCUT2D eigenvalue weighted by Gasteiger charge is -2.25. The highest BCUT2D eigenvalue weighted by Crippen LogP contribution is 2.23. The maximum absolute atomic E-state index is 12.5. The molecule has 0 saturated heterocycles. The summed E-state index contributed by atoms with van der Waals surface area (Å²) in [5.74, 6) is 0.275. The molecule has 2 aromatic rings. The summed E-state index contributed by atoms with van der Waals surface area (Å²) in [5.41, 5.74) is 8.31. The van der Waals surface area contributed by atoms with Crippen molar-refractivity contribution in [2.45, 2.75) is 6.42 Å². The van der Waals surface area contributed by atoms with Gasteiger partial charge in [0, 0.05) is 31.3 Å². The van der Waals surface area contributed by atoms with Crippen LogP contribution < -0.4 is 5.73 Å². The molecule has 3 rings (SSSR count). The molecular formula is C16H18N2O3. The number of carbonyl (C=O) groups is 1. The van der Waals surface area contributed by atoms with E-state index in [1.54, 1.807) is 30.2 Å². The maximum Gasteiger partial charge on any atom is 0.289 e. The molecule has 21 heavy (non-hydrogen) atoms. The summed E-state index contributed by atoms with van der Waals surface area (Å²) in [4.78, 5) is 14.2. The predicted molar refractivity (Wildman–Crippen MR) is 81.1 cm³/mol. The lowest BCUT2D eigenvalue weighted by Crippen LogP contribution is -2.35. The molecule has 0 atom stereocenters. The van der Waals surface area contributed by atoms with Crippen LogP contribution in [0.15, 0.2) is 40.3 Å². The van der Waals surface area contributed by atoms with Gasteiger partial charge in [-0.3, -0.25) is 4.79 Å². The molecule has 0 spiro atoms. The van der Waals surface area contributed by atoms with Gasteiger partial charge < -0.3 is 19.8 Å². The smallest absolute Gasteiger partial charge is 0.289 e. The Bertz CT molecular complexity index is 703. The third-order valence-electron chi connectivity index (χ3n) is 3.67. The zero-order valence-electron chi connectivity index (χ0n) is 12.0. The van der Waals surface area contributed by atoms with Crippen molar-refractivity contribution in [1.29, 1.82) is 0 Å². The number of nitrogens with zero attached hydrogens (tertiary/aromatic N) is 1. The number of anilines is 1. The molecule has 0 bridgehead atoms. The molecule has 0 fully saturated rings. The van der Waals surface area contributed by atoms with Gasteiger partial charge in [-0.05, 0) is 36.3 Å². The number of amides is 1. The number of carbonyl (C=O) groups excluding carboxylic acids is 1. The van der Waals surface area contributed by atoms with Crippen LogP contribution in [-0.2, 0) is 4.74 Å². The number of nitrogen functional groups attached to an aromatic ring is 1. The first kappa shape index (κ1) is 13.7. The van der Waals surface area contributed by atoms with Crippen LogP contribution in [0, 0.1) is 0 Å². The monoisotopic (exact) mass is 286 g/mol. The molecule has 0 aliphatic carbocycles. The molecule has 5 heteroatoms. The van der Waals surface area contributed by atoms with Crippen molar-refractivity contribution in [3.05, 3.63) is 41.7 Å². The van der Waals surface area contributed by atoms with E-state index in [9.17, 15) is 4.79 Å². The Morgan fingerprint density at radius 2 is 2.29 bits per heavy atom. The fraction of sp³-hybridized carbons (Fsp3) is 0.312. The van der Waals surface area contributed by atoms with Gasteiger partial charge in [-0.25, -0.2) is 0 Å². The molecule has 110 valence electrons. The van der Waals surface area contributed by atoms with E-state index in [2.05, 4.69) is 0 Å². The number of fused-ring (bicyclic) bond motifs is 1. The molecule has 1 amide bonds. The second-order valence-electron chi connectivity index (χ2n) is 5.20. The van der Waals surface area contributed by atoms with Crippen LogP contribution in [0.5, 0.6) is 0 Å².